The number of anilines is 1. The highest BCUT2D eigenvalue weighted by Crippen LogP contribution is 2.46. The molecule has 7 heteroatoms. The molecule has 0 N–H and O–H groups in total. The fraction of sp³-hybridized carbons (Fsp3) is 0.150. The van der Waals surface area contributed by atoms with Gasteiger partial charge in [-0.3, -0.25) is 0 Å². The Hall–Kier alpha value is -3.35. The van der Waals surface area contributed by atoms with Gasteiger partial charge in [0.2, 0.25) is 5.82 Å². The quantitative estimate of drug-likeness (QED) is 0.545. The zero-order valence-electron chi connectivity index (χ0n) is 14.4. The molecule has 0 saturated heterocycles. The van der Waals surface area contributed by atoms with Crippen molar-refractivity contribution in [2.24, 2.45) is 0 Å². The van der Waals surface area contributed by atoms with E-state index in [0.717, 1.165) is 4.52 Å². The molecule has 0 atom stereocenters. The molecule has 0 saturated carbocycles. The van der Waals surface area contributed by atoms with E-state index in [-0.39, 0.29) is 6.04 Å². The van der Waals surface area contributed by atoms with E-state index in [4.69, 9.17) is 0 Å². The van der Waals surface area contributed by atoms with Crippen molar-refractivity contribution in [2.75, 3.05) is 11.9 Å². The van der Waals surface area contributed by atoms with Crippen LogP contribution in [0.15, 0.2) is 60.7 Å². The highest BCUT2D eigenvalue weighted by atomic mass is 19.3. The lowest BCUT2D eigenvalue weighted by atomic mass is 10.0. The average Bonchev–Trinajstić information content (AvgIpc) is 3.26. The van der Waals surface area contributed by atoms with Crippen molar-refractivity contribution in [2.45, 2.75) is 12.5 Å². The van der Waals surface area contributed by atoms with E-state index < -0.39 is 12.2 Å². The Bertz CT molecular complexity index is 1110. The maximum atomic E-state index is 13.2. The van der Waals surface area contributed by atoms with Gasteiger partial charge in [0.25, 0.3) is 6.43 Å². The molecule has 0 bridgehead atoms. The zero-order chi connectivity index (χ0) is 18.5. The Balaban J connectivity index is 1.65. The van der Waals surface area contributed by atoms with Gasteiger partial charge in [0.15, 0.2) is 5.65 Å². The lowest BCUT2D eigenvalue weighted by molar-refractivity contribution is 0.137. The molecule has 5 nitrogen and oxygen atoms in total. The summed E-state index contributed by atoms with van der Waals surface area (Å²) in [5.41, 5.74) is 5.00. The average molecular weight is 363 g/mol. The summed E-state index contributed by atoms with van der Waals surface area (Å²) in [6, 6.07) is 19.9. The molecule has 0 spiro atoms. The minimum atomic E-state index is -2.74. The van der Waals surface area contributed by atoms with Crippen molar-refractivity contribution in [3.05, 3.63) is 77.6 Å². The first-order valence-electron chi connectivity index (χ1n) is 8.56. The van der Waals surface area contributed by atoms with Gasteiger partial charge >= 0.3 is 0 Å². The number of benzene rings is 2. The Morgan fingerprint density at radius 2 is 1.52 bits per heavy atom. The second-order valence-corrected chi connectivity index (χ2v) is 6.51. The standard InChI is InChI=1S/C20H15F2N5/c1-26(17-11-10-16-23-24-20(19(21)22)27(16)25-17)18-14-8-4-2-6-12(14)13-7-3-5-9-15(13)18/h2-11,18-19H,1H3. The molecule has 0 radical (unpaired) electrons. The fourth-order valence-corrected chi connectivity index (χ4v) is 3.80. The third-order valence-corrected chi connectivity index (χ3v) is 5.02. The van der Waals surface area contributed by atoms with Crippen LogP contribution in [-0.2, 0) is 0 Å². The van der Waals surface area contributed by atoms with Crippen LogP contribution >= 0.6 is 0 Å². The van der Waals surface area contributed by atoms with Crippen molar-refractivity contribution >= 4 is 11.5 Å². The van der Waals surface area contributed by atoms with Gasteiger partial charge in [-0.25, -0.2) is 8.78 Å². The first-order chi connectivity index (χ1) is 13.1. The largest absolute Gasteiger partial charge is 0.347 e. The summed E-state index contributed by atoms with van der Waals surface area (Å²) < 4.78 is 27.5. The normalized spacial score (nSPS) is 13.2. The number of nitrogens with zero attached hydrogens (tertiary/aromatic N) is 5. The highest BCUT2D eigenvalue weighted by molar-refractivity contribution is 5.80. The second-order valence-electron chi connectivity index (χ2n) is 6.51. The van der Waals surface area contributed by atoms with Crippen molar-refractivity contribution in [3.63, 3.8) is 0 Å². The Morgan fingerprint density at radius 1 is 0.889 bits per heavy atom. The monoisotopic (exact) mass is 363 g/mol. The van der Waals surface area contributed by atoms with E-state index in [0.29, 0.717) is 11.5 Å². The van der Waals surface area contributed by atoms with Crippen molar-refractivity contribution < 1.29 is 8.78 Å². The van der Waals surface area contributed by atoms with Crippen molar-refractivity contribution in [1.82, 2.24) is 19.8 Å². The van der Waals surface area contributed by atoms with Gasteiger partial charge in [0.1, 0.15) is 5.82 Å². The third kappa shape index (κ3) is 2.31. The van der Waals surface area contributed by atoms with Crippen LogP contribution in [0, 0.1) is 0 Å². The van der Waals surface area contributed by atoms with E-state index in [1.165, 1.54) is 22.3 Å². The summed E-state index contributed by atoms with van der Waals surface area (Å²) in [4.78, 5) is 2.00. The predicted molar refractivity (Wildman–Crippen MR) is 97.9 cm³/mol. The van der Waals surface area contributed by atoms with E-state index in [9.17, 15) is 8.78 Å². The molecule has 5 rings (SSSR count). The molecule has 1 aliphatic carbocycles. The van der Waals surface area contributed by atoms with E-state index in [1.807, 2.05) is 36.2 Å². The Labute approximate surface area is 153 Å². The first kappa shape index (κ1) is 15.9. The van der Waals surface area contributed by atoms with Gasteiger partial charge in [-0.2, -0.15) is 4.52 Å². The van der Waals surface area contributed by atoms with E-state index >= 15 is 0 Å². The molecule has 134 valence electrons. The zero-order valence-corrected chi connectivity index (χ0v) is 14.4. The molecule has 1 aliphatic rings. The minimum Gasteiger partial charge on any atom is -0.347 e. The predicted octanol–water partition coefficient (Wildman–Crippen LogP) is 4.27. The number of fused-ring (bicyclic) bond motifs is 4. The number of hydrogen-bond donors (Lipinski definition) is 0. The Morgan fingerprint density at radius 3 is 2.15 bits per heavy atom. The van der Waals surface area contributed by atoms with Crippen molar-refractivity contribution in [3.8, 4) is 11.1 Å². The number of aromatic nitrogens is 4. The number of alkyl halides is 2. The molecule has 0 fully saturated rings. The molecule has 0 unspecified atom stereocenters. The van der Waals surface area contributed by atoms with E-state index in [1.54, 1.807) is 12.1 Å². The lowest BCUT2D eigenvalue weighted by Gasteiger charge is -2.27. The first-order valence-corrected chi connectivity index (χ1v) is 8.56. The molecule has 27 heavy (non-hydrogen) atoms. The second kappa shape index (κ2) is 5.84. The van der Waals surface area contributed by atoms with Gasteiger partial charge in [-0.05, 0) is 34.4 Å². The fourth-order valence-electron chi connectivity index (χ4n) is 3.80. The molecule has 0 aliphatic heterocycles. The summed E-state index contributed by atoms with van der Waals surface area (Å²) in [6.45, 7) is 0. The molecular formula is C20H15F2N5. The summed E-state index contributed by atoms with van der Waals surface area (Å²) in [6.07, 6.45) is -2.74. The van der Waals surface area contributed by atoms with Gasteiger partial charge in [-0.15, -0.1) is 15.3 Å². The van der Waals surface area contributed by atoms with Crippen LogP contribution < -0.4 is 4.90 Å². The molecular weight excluding hydrogens is 348 g/mol. The van der Waals surface area contributed by atoms with Crippen LogP contribution in [0.2, 0.25) is 0 Å². The molecule has 2 heterocycles. The van der Waals surface area contributed by atoms with Gasteiger partial charge in [0, 0.05) is 7.05 Å². The van der Waals surface area contributed by atoms with E-state index in [2.05, 4.69) is 39.6 Å². The SMILES string of the molecule is CN(c1ccc2nnc(C(F)F)n2n1)C1c2ccccc2-c2ccccc21. The molecule has 4 aromatic rings. The summed E-state index contributed by atoms with van der Waals surface area (Å²) in [5, 5.41) is 11.7. The van der Waals surface area contributed by atoms with Crippen LogP contribution in [0.5, 0.6) is 0 Å². The summed E-state index contributed by atoms with van der Waals surface area (Å²) >= 11 is 0. The van der Waals surface area contributed by atoms with Crippen LogP contribution in [0.3, 0.4) is 0 Å². The number of hydrogen-bond acceptors (Lipinski definition) is 4. The molecule has 0 amide bonds. The molecule has 2 aromatic carbocycles. The van der Waals surface area contributed by atoms with Gasteiger partial charge in [-0.1, -0.05) is 48.5 Å². The number of rotatable bonds is 3. The number of halogens is 2. The maximum absolute atomic E-state index is 13.2. The van der Waals surface area contributed by atoms with Crippen LogP contribution in [-0.4, -0.2) is 26.9 Å². The summed E-state index contributed by atoms with van der Waals surface area (Å²) in [5.74, 6) is 0.119. The topological polar surface area (TPSA) is 46.3 Å². The van der Waals surface area contributed by atoms with Gasteiger partial charge in [0.05, 0.1) is 6.04 Å². The van der Waals surface area contributed by atoms with Crippen LogP contribution in [0.25, 0.3) is 16.8 Å². The minimum absolute atomic E-state index is 0.0474. The smallest absolute Gasteiger partial charge is 0.299 e. The van der Waals surface area contributed by atoms with Crippen LogP contribution in [0.1, 0.15) is 29.4 Å². The highest BCUT2D eigenvalue weighted by Gasteiger charge is 2.32. The van der Waals surface area contributed by atoms with Crippen molar-refractivity contribution in [1.29, 1.82) is 0 Å². The van der Waals surface area contributed by atoms with Crippen LogP contribution in [0.4, 0.5) is 14.6 Å². The maximum Gasteiger partial charge on any atom is 0.299 e. The van der Waals surface area contributed by atoms with Gasteiger partial charge < -0.3 is 4.90 Å². The lowest BCUT2D eigenvalue weighted by Crippen LogP contribution is -2.25. The molecule has 2 aromatic heterocycles. The third-order valence-electron chi connectivity index (χ3n) is 5.02. The Kier molecular flexibility index (Phi) is 3.43. The summed E-state index contributed by atoms with van der Waals surface area (Å²) in [7, 11) is 1.92.